The first-order valence-electron chi connectivity index (χ1n) is 8.25. The lowest BCUT2D eigenvalue weighted by Crippen LogP contribution is -2.10. The zero-order chi connectivity index (χ0) is 19.2. The summed E-state index contributed by atoms with van der Waals surface area (Å²) in [5.41, 5.74) is 2.18. The number of anilines is 2. The van der Waals surface area contributed by atoms with Gasteiger partial charge in [-0.25, -0.2) is 0 Å². The summed E-state index contributed by atoms with van der Waals surface area (Å²) in [6.45, 7) is 3.53. The van der Waals surface area contributed by atoms with Crippen molar-refractivity contribution in [3.8, 4) is 0 Å². The minimum atomic E-state index is -0.315. The van der Waals surface area contributed by atoms with Crippen LogP contribution in [0.5, 0.6) is 0 Å². The van der Waals surface area contributed by atoms with Gasteiger partial charge in [0.25, 0.3) is 5.91 Å². The van der Waals surface area contributed by atoms with Crippen molar-refractivity contribution in [3.05, 3.63) is 89.4 Å². The molecule has 0 fully saturated rings. The summed E-state index contributed by atoms with van der Waals surface area (Å²) >= 11 is 3.04. The van der Waals surface area contributed by atoms with Crippen LogP contribution >= 0.6 is 15.9 Å². The lowest BCUT2D eigenvalue weighted by atomic mass is 10.1. The van der Waals surface area contributed by atoms with E-state index in [1.165, 1.54) is 6.08 Å². The van der Waals surface area contributed by atoms with Crippen molar-refractivity contribution in [2.24, 2.45) is 0 Å². The lowest BCUT2D eigenvalue weighted by molar-refractivity contribution is -0.112. The first-order valence-corrected chi connectivity index (χ1v) is 9.05. The van der Waals surface area contributed by atoms with E-state index in [2.05, 4.69) is 33.1 Å². The van der Waals surface area contributed by atoms with E-state index < -0.39 is 0 Å². The maximum atomic E-state index is 12.3. The van der Waals surface area contributed by atoms with Crippen molar-refractivity contribution in [2.45, 2.75) is 0 Å². The Morgan fingerprint density at radius 2 is 1.67 bits per heavy atom. The van der Waals surface area contributed by atoms with Gasteiger partial charge in [-0.15, -0.1) is 0 Å². The van der Waals surface area contributed by atoms with Gasteiger partial charge in [-0.3, -0.25) is 9.59 Å². The van der Waals surface area contributed by atoms with Gasteiger partial charge in [0, 0.05) is 22.8 Å². The summed E-state index contributed by atoms with van der Waals surface area (Å²) in [4.78, 5) is 24.0. The fourth-order valence-electron chi connectivity index (χ4n) is 2.60. The molecule has 0 spiro atoms. The molecular weight excluding hydrogens is 404 g/mol. The maximum Gasteiger partial charge on any atom is 0.262 e. The maximum absolute atomic E-state index is 12.3. The normalized spacial score (nSPS) is 10.7. The largest absolute Gasteiger partial charge is 0.322 e. The van der Waals surface area contributed by atoms with E-state index in [-0.39, 0.29) is 16.3 Å². The van der Waals surface area contributed by atoms with Crippen LogP contribution in [-0.2, 0) is 9.59 Å². The molecule has 0 saturated carbocycles. The monoisotopic (exact) mass is 420 g/mol. The Balaban J connectivity index is 1.71. The lowest BCUT2D eigenvalue weighted by Gasteiger charge is -2.07. The van der Waals surface area contributed by atoms with E-state index in [0.717, 1.165) is 22.0 Å². The van der Waals surface area contributed by atoms with E-state index in [0.29, 0.717) is 5.69 Å². The molecule has 0 radical (unpaired) electrons. The van der Waals surface area contributed by atoms with Crippen molar-refractivity contribution in [1.82, 2.24) is 0 Å². The predicted octanol–water partition coefficient (Wildman–Crippen LogP) is 5.34. The number of fused-ring (bicyclic) bond motifs is 1. The van der Waals surface area contributed by atoms with Crippen LogP contribution in [-0.4, -0.2) is 11.8 Å². The van der Waals surface area contributed by atoms with Crippen LogP contribution in [0, 0.1) is 0 Å². The Morgan fingerprint density at radius 3 is 2.48 bits per heavy atom. The number of rotatable bonds is 5. The molecule has 0 heterocycles. The molecule has 5 heteroatoms. The number of hydrogen-bond acceptors (Lipinski definition) is 2. The first kappa shape index (κ1) is 18.6. The van der Waals surface area contributed by atoms with Gasteiger partial charge in [0.1, 0.15) is 0 Å². The zero-order valence-electron chi connectivity index (χ0n) is 14.4. The van der Waals surface area contributed by atoms with Crippen molar-refractivity contribution >= 4 is 56.0 Å². The summed E-state index contributed by atoms with van der Waals surface area (Å²) in [7, 11) is 0. The molecule has 0 aliphatic rings. The Hall–Kier alpha value is -3.18. The predicted molar refractivity (Wildman–Crippen MR) is 115 cm³/mol. The highest BCUT2D eigenvalue weighted by Crippen LogP contribution is 2.23. The molecule has 0 aliphatic heterocycles. The van der Waals surface area contributed by atoms with Crippen molar-refractivity contribution in [3.63, 3.8) is 0 Å². The second kappa shape index (κ2) is 8.47. The summed E-state index contributed by atoms with van der Waals surface area (Å²) in [6.07, 6.45) is 3.16. The minimum absolute atomic E-state index is 0.227. The Labute approximate surface area is 165 Å². The summed E-state index contributed by atoms with van der Waals surface area (Å²) in [5, 5.41) is 7.67. The van der Waals surface area contributed by atoms with Crippen molar-refractivity contribution in [2.75, 3.05) is 10.6 Å². The highest BCUT2D eigenvalue weighted by molar-refractivity contribution is 9.12. The Kier molecular flexibility index (Phi) is 5.84. The standard InChI is InChI=1S/C22H17BrN2O2/c1-15(23)22(27)24-18-9-4-6-16(14-18)12-13-21(26)25-20-11-5-8-17-7-2-3-10-19(17)20/h2-14H,1H2,(H,24,27)(H,25,26)/b13-12+. The number of halogens is 1. The molecule has 4 nitrogen and oxygen atoms in total. The van der Waals surface area contributed by atoms with Gasteiger partial charge in [-0.2, -0.15) is 0 Å². The van der Waals surface area contributed by atoms with E-state index in [1.54, 1.807) is 24.3 Å². The van der Waals surface area contributed by atoms with Crippen LogP contribution in [0.15, 0.2) is 83.9 Å². The molecule has 3 aromatic carbocycles. The molecule has 0 unspecified atom stereocenters. The van der Waals surface area contributed by atoms with Crippen molar-refractivity contribution < 1.29 is 9.59 Å². The molecule has 3 rings (SSSR count). The third-order valence-corrected chi connectivity index (χ3v) is 4.23. The number of benzene rings is 3. The molecule has 0 aliphatic carbocycles. The van der Waals surface area contributed by atoms with Crippen molar-refractivity contribution in [1.29, 1.82) is 0 Å². The van der Waals surface area contributed by atoms with Gasteiger partial charge in [0.2, 0.25) is 5.91 Å². The Morgan fingerprint density at radius 1 is 0.926 bits per heavy atom. The average molecular weight is 421 g/mol. The number of carbonyl (C=O) groups is 2. The summed E-state index contributed by atoms with van der Waals surface area (Å²) in [5.74, 6) is -0.542. The SMILES string of the molecule is C=C(Br)C(=O)Nc1cccc(/C=C/C(=O)Nc2cccc3ccccc23)c1. The molecule has 134 valence electrons. The van der Waals surface area contributed by atoms with E-state index in [9.17, 15) is 9.59 Å². The average Bonchev–Trinajstić information content (AvgIpc) is 2.67. The van der Waals surface area contributed by atoms with Crippen LogP contribution in [0.1, 0.15) is 5.56 Å². The molecule has 0 aromatic heterocycles. The first-order chi connectivity index (χ1) is 13.0. The van der Waals surface area contributed by atoms with Crippen LogP contribution in [0.4, 0.5) is 11.4 Å². The quantitative estimate of drug-likeness (QED) is 0.547. The van der Waals surface area contributed by atoms with Gasteiger partial charge >= 0.3 is 0 Å². The fourth-order valence-corrected chi connectivity index (χ4v) is 2.70. The number of amides is 2. The third kappa shape index (κ3) is 4.92. The smallest absolute Gasteiger partial charge is 0.262 e. The third-order valence-electron chi connectivity index (χ3n) is 3.87. The van der Waals surface area contributed by atoms with Crippen LogP contribution in [0.3, 0.4) is 0 Å². The minimum Gasteiger partial charge on any atom is -0.322 e. The van der Waals surface area contributed by atoms with Crippen LogP contribution in [0.2, 0.25) is 0 Å². The van der Waals surface area contributed by atoms with E-state index in [1.807, 2.05) is 48.5 Å². The molecule has 0 atom stereocenters. The van der Waals surface area contributed by atoms with Crippen LogP contribution < -0.4 is 10.6 Å². The second-order valence-electron chi connectivity index (χ2n) is 5.83. The molecule has 0 saturated heterocycles. The zero-order valence-corrected chi connectivity index (χ0v) is 16.0. The highest BCUT2D eigenvalue weighted by atomic mass is 79.9. The van der Waals surface area contributed by atoms with Gasteiger partial charge in [0.05, 0.1) is 4.48 Å². The topological polar surface area (TPSA) is 58.2 Å². The van der Waals surface area contributed by atoms with E-state index >= 15 is 0 Å². The van der Waals surface area contributed by atoms with Crippen LogP contribution in [0.25, 0.3) is 16.8 Å². The second-order valence-corrected chi connectivity index (χ2v) is 6.79. The molecule has 27 heavy (non-hydrogen) atoms. The molecule has 2 N–H and O–H groups in total. The number of nitrogens with one attached hydrogen (secondary N) is 2. The number of hydrogen-bond donors (Lipinski definition) is 2. The number of carbonyl (C=O) groups excluding carboxylic acids is 2. The fraction of sp³-hybridized carbons (Fsp3) is 0. The van der Waals surface area contributed by atoms with Gasteiger partial charge in [-0.1, -0.05) is 55.1 Å². The molecule has 0 bridgehead atoms. The molecular formula is C22H17BrN2O2. The summed E-state index contributed by atoms with van der Waals surface area (Å²) < 4.78 is 0.248. The highest BCUT2D eigenvalue weighted by Gasteiger charge is 2.05. The van der Waals surface area contributed by atoms with Gasteiger partial charge < -0.3 is 10.6 Å². The van der Waals surface area contributed by atoms with E-state index in [4.69, 9.17) is 0 Å². The summed E-state index contributed by atoms with van der Waals surface area (Å²) in [6, 6.07) is 20.8. The van der Waals surface area contributed by atoms with Gasteiger partial charge in [-0.05, 0) is 51.2 Å². The van der Waals surface area contributed by atoms with Gasteiger partial charge in [0.15, 0.2) is 0 Å². The Bertz CT molecular complexity index is 1050. The molecule has 2 amide bonds. The molecule has 3 aromatic rings.